The summed E-state index contributed by atoms with van der Waals surface area (Å²) in [6.07, 6.45) is 2.25. The molecule has 6 aliphatic heterocycles. The molecule has 4 unspecified atom stereocenters. The number of benzene rings is 14. The van der Waals surface area contributed by atoms with Gasteiger partial charge in [0.1, 0.15) is 66.8 Å². The molecular weight excluding hydrogens is 2220 g/mol. The molecule has 24 heteroatoms. The molecule has 4 atom stereocenters. The number of aromatic hydroxyl groups is 6. The maximum absolute atomic E-state index is 10.1. The Kier molecular flexibility index (Phi) is 26.9. The van der Waals surface area contributed by atoms with E-state index in [1.54, 1.807) is 36.4 Å². The van der Waals surface area contributed by atoms with Gasteiger partial charge in [-0.1, -0.05) is 263 Å². The van der Waals surface area contributed by atoms with Crippen molar-refractivity contribution >= 4 is 310 Å². The van der Waals surface area contributed by atoms with Gasteiger partial charge in [0.05, 0.1) is 66.3 Å². The van der Waals surface area contributed by atoms with Gasteiger partial charge in [-0.2, -0.15) is 0 Å². The molecule has 0 radical (unpaired) electrons. The van der Waals surface area contributed by atoms with E-state index in [9.17, 15) is 30.6 Å². The summed E-state index contributed by atoms with van der Waals surface area (Å²) in [5.41, 5.74) is 5.91. The molecule has 0 saturated heterocycles. The van der Waals surface area contributed by atoms with Crippen molar-refractivity contribution in [3.8, 4) is 34.5 Å². The molecule has 14 aromatic carbocycles. The predicted molar refractivity (Wildman–Crippen MR) is 584 cm³/mol. The molecule has 128 heavy (non-hydrogen) atoms. The largest absolute Gasteiger partial charge is 0.508 e. The van der Waals surface area contributed by atoms with Gasteiger partial charge in [0.15, 0.2) is 16.1 Å². The van der Waals surface area contributed by atoms with Crippen molar-refractivity contribution in [3.63, 3.8) is 0 Å². The molecule has 6 heterocycles. The van der Waals surface area contributed by atoms with E-state index in [2.05, 4.69) is 300 Å². The quantitative estimate of drug-likeness (QED) is 0.0708. The minimum Gasteiger partial charge on any atom is -0.508 e. The van der Waals surface area contributed by atoms with Gasteiger partial charge in [-0.3, -0.25) is 0 Å². The first-order valence-electron chi connectivity index (χ1n) is 42.1. The van der Waals surface area contributed by atoms with E-state index in [0.717, 1.165) is 146 Å². The number of hydrogen-bond acceptors (Lipinski definition) is 12. The Hall–Kier alpha value is -9.17. The average molecular weight is 2310 g/mol. The standard InChI is InChI=1S/C20H16BrNOSi.C20H16INOSi.C17H18BrNOSi.C17H18INOSi.C15H14BrNOSi.C15H14INOSi/c2*1-13-8-10-17-20(19(13)21)24(2,15-6-4-3-5-7-15)18-12-14(23)9-11-16(18)22-17;2*1-4-9-21(3)15-10-12(20)6-8-13(15)19-14-7-5-11(2)16(18)17(14)21;2*1-9-4-6-12-15(14(9)16)19(2,3)13-8-10(18)5-7-11(13)17-12/h2*3-12,23H,1H2,2H3;2*5-8,10,20H,2,4,9H2,1,3H3;2*4-8,18H,1H2,2-3H3. The molecule has 0 aliphatic carbocycles. The second-order valence-electron chi connectivity index (χ2n) is 34.9. The van der Waals surface area contributed by atoms with Crippen LogP contribution >= 0.6 is 116 Å². The van der Waals surface area contributed by atoms with Crippen LogP contribution in [-0.2, 0) is 0 Å². The lowest BCUT2D eigenvalue weighted by Gasteiger charge is -2.34. The van der Waals surface area contributed by atoms with E-state index in [4.69, 9.17) is 30.0 Å². The van der Waals surface area contributed by atoms with Gasteiger partial charge in [0.2, 0.25) is 0 Å². The monoisotopic (exact) mass is 2310 g/mol. The van der Waals surface area contributed by atoms with Gasteiger partial charge < -0.3 is 30.6 Å². The van der Waals surface area contributed by atoms with Crippen molar-refractivity contribution < 1.29 is 30.6 Å². The minimum atomic E-state index is -2.30. The first-order chi connectivity index (χ1) is 60.8. The van der Waals surface area contributed by atoms with E-state index in [1.807, 2.05) is 127 Å². The van der Waals surface area contributed by atoms with Crippen molar-refractivity contribution in [1.82, 2.24) is 0 Å². The van der Waals surface area contributed by atoms with Crippen molar-refractivity contribution in [2.45, 2.75) is 91.2 Å². The number of halogens is 6. The molecule has 6 N–H and O–H groups in total. The van der Waals surface area contributed by atoms with Crippen LogP contribution in [0.25, 0.3) is 39.5 Å². The van der Waals surface area contributed by atoms with E-state index >= 15 is 0 Å². The third kappa shape index (κ3) is 17.1. The maximum Gasteiger partial charge on any atom is 0.152 e. The van der Waals surface area contributed by atoms with Crippen molar-refractivity contribution in [2.24, 2.45) is 30.0 Å². The molecule has 0 spiro atoms. The third-order valence-corrected chi connectivity index (χ3v) is 60.1. The molecule has 14 aromatic rings. The van der Waals surface area contributed by atoms with Gasteiger partial charge in [-0.15, -0.1) is 0 Å². The van der Waals surface area contributed by atoms with Crippen molar-refractivity contribution in [3.05, 3.63) is 330 Å². The Bertz CT molecular complexity index is 7280. The second-order valence-corrected chi connectivity index (χ2v) is 65.2. The highest BCUT2D eigenvalue weighted by molar-refractivity contribution is 14.1. The Balaban J connectivity index is 0.000000118. The van der Waals surface area contributed by atoms with Crippen LogP contribution in [0.2, 0.25) is 64.5 Å². The summed E-state index contributed by atoms with van der Waals surface area (Å²) in [5.74, 6) is 1.86. The molecule has 0 aromatic heterocycles. The molecule has 12 nitrogen and oxygen atoms in total. The summed E-state index contributed by atoms with van der Waals surface area (Å²) in [7, 11) is -12.1. The lowest BCUT2D eigenvalue weighted by Crippen LogP contribution is -2.71. The Labute approximate surface area is 817 Å². The zero-order chi connectivity index (χ0) is 91.8. The lowest BCUT2D eigenvalue weighted by molar-refractivity contribution is 0.475. The number of phenolic OH excluding ortho intramolecular Hbond substituents is 6. The van der Waals surface area contributed by atoms with Gasteiger partial charge in [0.25, 0.3) is 0 Å². The molecule has 0 amide bonds. The van der Waals surface area contributed by atoms with Crippen LogP contribution in [0, 0.1) is 10.7 Å². The summed E-state index contributed by atoms with van der Waals surface area (Å²) in [6, 6.07) is 81.1. The van der Waals surface area contributed by atoms with Crippen LogP contribution < -0.4 is 136 Å². The summed E-state index contributed by atoms with van der Waals surface area (Å²) >= 11 is 18.3. The van der Waals surface area contributed by atoms with E-state index in [0.29, 0.717) is 28.7 Å². The highest BCUT2D eigenvalue weighted by Crippen LogP contribution is 2.32. The van der Waals surface area contributed by atoms with Gasteiger partial charge in [-0.05, 0) is 329 Å². The number of hydrogen-bond donors (Lipinski definition) is 6. The fourth-order valence-electron chi connectivity index (χ4n) is 19.1. The van der Waals surface area contributed by atoms with E-state index < -0.39 is 48.4 Å². The Morgan fingerprint density at radius 2 is 0.508 bits per heavy atom. The topological polar surface area (TPSA) is 196 Å². The molecular formula is C104H96Br3I3N6O6Si6. The van der Waals surface area contributed by atoms with Crippen LogP contribution in [0.1, 0.15) is 26.7 Å². The molecule has 0 bridgehead atoms. The summed E-state index contributed by atoms with van der Waals surface area (Å²) in [5, 5.41) is 89.5. The first-order valence-corrected chi connectivity index (χ1v) is 64.1. The number of rotatable bonds is 6. The SMILES string of the molecule is C=c1ccc2c(c1Br)[Si](C)(C)c1cc(O)ccc1N=2.C=c1ccc2c(c1Br)[Si](C)(CCC)c1cc(O)ccc1N=2.C=c1ccc2c(c1Br)[Si](C)(c1ccccc1)c1cc(O)ccc1N=2.C=c1ccc2c(c1I)[Si](C)(C)c1cc(O)ccc1N=2.C=c1ccc2c(c1I)[Si](C)(CCC)c1cc(O)ccc1N=2.C=c1ccc2c(c1I)[Si](C)(c1ccccc1)c1cc(O)ccc1N=2. The van der Waals surface area contributed by atoms with Crippen LogP contribution in [0.15, 0.2) is 286 Å². The smallest absolute Gasteiger partial charge is 0.152 e. The molecule has 6 aliphatic rings. The van der Waals surface area contributed by atoms with Crippen LogP contribution in [0.3, 0.4) is 0 Å². The third-order valence-electron chi connectivity index (χ3n) is 25.7. The molecule has 644 valence electrons. The van der Waals surface area contributed by atoms with Crippen LogP contribution in [-0.4, -0.2) is 79.1 Å². The van der Waals surface area contributed by atoms with E-state index in [-0.39, 0.29) is 5.75 Å². The maximum atomic E-state index is 10.1. The zero-order valence-electron chi connectivity index (χ0n) is 72.8. The number of phenols is 6. The molecule has 0 saturated carbocycles. The van der Waals surface area contributed by atoms with Crippen LogP contribution in [0.4, 0.5) is 34.1 Å². The normalized spacial score (nSPS) is 17.9. The van der Waals surface area contributed by atoms with Crippen molar-refractivity contribution in [1.29, 1.82) is 0 Å². The number of nitrogens with zero attached hydrogens (tertiary/aromatic N) is 6. The average Bonchev–Trinajstić information content (AvgIpc) is 0.709. The summed E-state index contributed by atoms with van der Waals surface area (Å²) in [6.45, 7) is 47.8. The Morgan fingerprint density at radius 3 is 0.875 bits per heavy atom. The number of fused-ring (bicyclic) bond motifs is 12. The van der Waals surface area contributed by atoms with Crippen molar-refractivity contribution in [2.75, 3.05) is 0 Å². The zero-order valence-corrected chi connectivity index (χ0v) is 90.0. The molecule has 0 fully saturated rings. The fraction of sp³-hybridized carbons (Fsp3) is 0.135. The van der Waals surface area contributed by atoms with Gasteiger partial charge in [-0.25, -0.2) is 30.0 Å². The highest BCUT2D eigenvalue weighted by atomic mass is 127. The van der Waals surface area contributed by atoms with Crippen LogP contribution in [0.5, 0.6) is 34.5 Å². The Morgan fingerprint density at radius 1 is 0.266 bits per heavy atom. The summed E-state index contributed by atoms with van der Waals surface area (Å²) < 4.78 is 6.80. The predicted octanol–water partition coefficient (Wildman–Crippen LogP) is 11.6. The lowest BCUT2D eigenvalue weighted by atomic mass is 10.2. The van der Waals surface area contributed by atoms with Gasteiger partial charge in [0, 0.05) is 24.1 Å². The summed E-state index contributed by atoms with van der Waals surface area (Å²) in [4.78, 5) is 28.8. The first kappa shape index (κ1) is 93.5. The minimum absolute atomic E-state index is 0.281. The van der Waals surface area contributed by atoms with E-state index in [1.165, 1.54) is 73.0 Å². The molecule has 20 rings (SSSR count). The van der Waals surface area contributed by atoms with Gasteiger partial charge >= 0.3 is 0 Å². The fourth-order valence-corrected chi connectivity index (χ4v) is 53.7. The highest BCUT2D eigenvalue weighted by Gasteiger charge is 2.46. The second kappa shape index (κ2) is 36.9.